The van der Waals surface area contributed by atoms with Crippen LogP contribution in [-0.2, 0) is 0 Å². The van der Waals surface area contributed by atoms with Gasteiger partial charge in [0, 0.05) is 17.3 Å². The minimum atomic E-state index is 0.0501. The molecule has 3 N–H and O–H groups in total. The Labute approximate surface area is 122 Å². The summed E-state index contributed by atoms with van der Waals surface area (Å²) in [6, 6.07) is 6.75. The van der Waals surface area contributed by atoms with Crippen LogP contribution in [-0.4, -0.2) is 21.8 Å². The number of nitrogens with one attached hydrogen (secondary N) is 1. The molecule has 0 radical (unpaired) electrons. The Hall–Kier alpha value is -2.14. The van der Waals surface area contributed by atoms with Gasteiger partial charge in [-0.15, -0.1) is 0 Å². The summed E-state index contributed by atoms with van der Waals surface area (Å²) in [5, 5.41) is 8.49. The molecular weight excluding hydrogens is 276 g/mol. The van der Waals surface area contributed by atoms with Crippen molar-refractivity contribution in [2.45, 2.75) is 20.0 Å². The number of ether oxygens (including phenoxy) is 1. The second-order valence-electron chi connectivity index (χ2n) is 4.52. The van der Waals surface area contributed by atoms with Crippen molar-refractivity contribution >= 4 is 23.0 Å². The lowest BCUT2D eigenvalue weighted by Gasteiger charge is -2.13. The van der Waals surface area contributed by atoms with E-state index in [1.807, 2.05) is 13.8 Å². The molecule has 1 heterocycles. The van der Waals surface area contributed by atoms with Gasteiger partial charge >= 0.3 is 0 Å². The van der Waals surface area contributed by atoms with Gasteiger partial charge in [0.1, 0.15) is 17.2 Å². The maximum Gasteiger partial charge on any atom is 0.133 e. The molecule has 0 aliphatic heterocycles. The van der Waals surface area contributed by atoms with Crippen LogP contribution >= 0.6 is 11.6 Å². The van der Waals surface area contributed by atoms with E-state index in [9.17, 15) is 0 Å². The standard InChI is InChI=1S/C14H15ClN4O/c1-8(2)20-9-3-4-11(16)10(5-9)14(17)12-6-13(15)19-7-18-12/h3-8,17H,16H2,1-2H3. The molecule has 2 rings (SSSR count). The first-order chi connectivity index (χ1) is 9.47. The lowest BCUT2D eigenvalue weighted by atomic mass is 10.0. The van der Waals surface area contributed by atoms with E-state index in [4.69, 9.17) is 27.5 Å². The van der Waals surface area contributed by atoms with E-state index < -0.39 is 0 Å². The molecule has 0 unspecified atom stereocenters. The van der Waals surface area contributed by atoms with Crippen molar-refractivity contribution in [3.05, 3.63) is 47.0 Å². The molecule has 6 heteroatoms. The Bertz CT molecular complexity index is 643. The van der Waals surface area contributed by atoms with E-state index in [-0.39, 0.29) is 17.0 Å². The highest BCUT2D eigenvalue weighted by Gasteiger charge is 2.12. The summed E-state index contributed by atoms with van der Waals surface area (Å²) in [4.78, 5) is 7.83. The third kappa shape index (κ3) is 3.24. The van der Waals surface area contributed by atoms with E-state index in [0.717, 1.165) is 0 Å². The van der Waals surface area contributed by atoms with Crippen LogP contribution in [0.2, 0.25) is 5.15 Å². The lowest BCUT2D eigenvalue weighted by molar-refractivity contribution is 0.242. The van der Waals surface area contributed by atoms with Gasteiger partial charge in [-0.3, -0.25) is 5.41 Å². The van der Waals surface area contributed by atoms with Gasteiger partial charge in [0.25, 0.3) is 0 Å². The first-order valence-corrected chi connectivity index (χ1v) is 6.48. The molecule has 2 aromatic rings. The van der Waals surface area contributed by atoms with Crippen LogP contribution < -0.4 is 10.5 Å². The summed E-state index contributed by atoms with van der Waals surface area (Å²) in [7, 11) is 0. The van der Waals surface area contributed by atoms with E-state index in [0.29, 0.717) is 22.7 Å². The van der Waals surface area contributed by atoms with E-state index >= 15 is 0 Å². The fourth-order valence-electron chi connectivity index (χ4n) is 1.71. The van der Waals surface area contributed by atoms with Crippen LogP contribution in [0.25, 0.3) is 0 Å². The number of nitrogens with zero attached hydrogens (tertiary/aromatic N) is 2. The molecule has 0 aliphatic rings. The molecule has 20 heavy (non-hydrogen) atoms. The van der Waals surface area contributed by atoms with E-state index in [2.05, 4.69) is 9.97 Å². The average molecular weight is 291 g/mol. The molecule has 5 nitrogen and oxygen atoms in total. The predicted octanol–water partition coefficient (Wildman–Crippen LogP) is 2.92. The summed E-state index contributed by atoms with van der Waals surface area (Å²) in [5.41, 5.74) is 7.56. The number of hydrogen-bond donors (Lipinski definition) is 2. The zero-order chi connectivity index (χ0) is 14.7. The summed E-state index contributed by atoms with van der Waals surface area (Å²) < 4.78 is 5.61. The van der Waals surface area contributed by atoms with Gasteiger partial charge in [-0.1, -0.05) is 11.6 Å². The van der Waals surface area contributed by atoms with E-state index in [1.165, 1.54) is 12.4 Å². The Morgan fingerprint density at radius 2 is 2.05 bits per heavy atom. The third-order valence-corrected chi connectivity index (χ3v) is 2.76. The maximum atomic E-state index is 8.20. The number of benzene rings is 1. The second kappa shape index (κ2) is 5.88. The smallest absolute Gasteiger partial charge is 0.133 e. The molecule has 0 bridgehead atoms. The van der Waals surface area contributed by atoms with Gasteiger partial charge in [-0.2, -0.15) is 0 Å². The number of hydrogen-bond acceptors (Lipinski definition) is 5. The lowest BCUT2D eigenvalue weighted by Crippen LogP contribution is -2.10. The minimum Gasteiger partial charge on any atom is -0.491 e. The summed E-state index contributed by atoms with van der Waals surface area (Å²) >= 11 is 5.81. The molecule has 0 saturated heterocycles. The monoisotopic (exact) mass is 290 g/mol. The van der Waals surface area contributed by atoms with Crippen molar-refractivity contribution in [3.8, 4) is 5.75 Å². The normalized spacial score (nSPS) is 10.6. The number of halogens is 1. The molecular formula is C14H15ClN4O. The van der Waals surface area contributed by atoms with Crippen LogP contribution in [0.4, 0.5) is 5.69 Å². The molecule has 1 aromatic carbocycles. The Balaban J connectivity index is 2.38. The second-order valence-corrected chi connectivity index (χ2v) is 4.90. The Kier molecular flexibility index (Phi) is 4.20. The van der Waals surface area contributed by atoms with Crippen molar-refractivity contribution in [1.29, 1.82) is 5.41 Å². The van der Waals surface area contributed by atoms with Crippen molar-refractivity contribution in [2.24, 2.45) is 0 Å². The van der Waals surface area contributed by atoms with Gasteiger partial charge in [-0.25, -0.2) is 9.97 Å². The molecule has 0 amide bonds. The van der Waals surface area contributed by atoms with E-state index in [1.54, 1.807) is 18.2 Å². The van der Waals surface area contributed by atoms with Gasteiger partial charge in [-0.05, 0) is 32.0 Å². The quantitative estimate of drug-likeness (QED) is 0.515. The van der Waals surface area contributed by atoms with Crippen LogP contribution in [0.1, 0.15) is 25.1 Å². The number of aromatic nitrogens is 2. The van der Waals surface area contributed by atoms with Crippen molar-refractivity contribution in [1.82, 2.24) is 9.97 Å². The SMILES string of the molecule is CC(C)Oc1ccc(N)c(C(=N)c2cc(Cl)ncn2)c1. The molecule has 0 spiro atoms. The molecule has 1 aromatic heterocycles. The Morgan fingerprint density at radius 1 is 1.30 bits per heavy atom. The molecule has 0 saturated carbocycles. The van der Waals surface area contributed by atoms with Gasteiger partial charge < -0.3 is 10.5 Å². The van der Waals surface area contributed by atoms with Crippen molar-refractivity contribution in [3.63, 3.8) is 0 Å². The first-order valence-electron chi connectivity index (χ1n) is 6.10. The third-order valence-electron chi connectivity index (χ3n) is 2.56. The zero-order valence-corrected chi connectivity index (χ0v) is 12.0. The molecule has 0 atom stereocenters. The fourth-order valence-corrected chi connectivity index (χ4v) is 1.85. The zero-order valence-electron chi connectivity index (χ0n) is 11.2. The van der Waals surface area contributed by atoms with Gasteiger partial charge in [0.05, 0.1) is 17.5 Å². The number of anilines is 1. The number of nitrogen functional groups attached to an aromatic ring is 1. The van der Waals surface area contributed by atoms with Crippen molar-refractivity contribution < 1.29 is 4.74 Å². The topological polar surface area (TPSA) is 84.9 Å². The predicted molar refractivity (Wildman–Crippen MR) is 79.6 cm³/mol. The van der Waals surface area contributed by atoms with Crippen LogP contribution in [0, 0.1) is 5.41 Å². The highest BCUT2D eigenvalue weighted by Crippen LogP contribution is 2.23. The van der Waals surface area contributed by atoms with Crippen LogP contribution in [0.5, 0.6) is 5.75 Å². The number of rotatable bonds is 4. The maximum absolute atomic E-state index is 8.20. The fraction of sp³-hybridized carbons (Fsp3) is 0.214. The molecule has 0 fully saturated rings. The van der Waals surface area contributed by atoms with Crippen molar-refractivity contribution in [2.75, 3.05) is 5.73 Å². The summed E-state index contributed by atoms with van der Waals surface area (Å²) in [5.74, 6) is 0.661. The van der Waals surface area contributed by atoms with Gasteiger partial charge in [0.15, 0.2) is 0 Å². The van der Waals surface area contributed by atoms with Gasteiger partial charge in [0.2, 0.25) is 0 Å². The summed E-state index contributed by atoms with van der Waals surface area (Å²) in [6.45, 7) is 3.87. The minimum absolute atomic E-state index is 0.0501. The molecule has 0 aliphatic carbocycles. The van der Waals surface area contributed by atoms with Crippen LogP contribution in [0.3, 0.4) is 0 Å². The number of nitrogens with two attached hydrogens (primary N) is 1. The Morgan fingerprint density at radius 3 is 2.70 bits per heavy atom. The summed E-state index contributed by atoms with van der Waals surface area (Å²) in [6.07, 6.45) is 1.37. The first kappa shape index (κ1) is 14.3. The average Bonchev–Trinajstić information content (AvgIpc) is 2.39. The largest absolute Gasteiger partial charge is 0.491 e. The highest BCUT2D eigenvalue weighted by molar-refractivity contribution is 6.30. The van der Waals surface area contributed by atoms with Crippen LogP contribution in [0.15, 0.2) is 30.6 Å². The molecule has 104 valence electrons. The highest BCUT2D eigenvalue weighted by atomic mass is 35.5.